The van der Waals surface area contributed by atoms with Crippen molar-refractivity contribution in [2.45, 2.75) is 85.0 Å². The number of hydrogen-bond donors (Lipinski definition) is 0. The highest BCUT2D eigenvalue weighted by molar-refractivity contribution is 5.55. The van der Waals surface area contributed by atoms with Crippen LogP contribution in [0, 0.1) is 18.3 Å². The van der Waals surface area contributed by atoms with Crippen LogP contribution in [-0.2, 0) is 11.8 Å². The molecular formula is C22H34O. The number of benzene rings is 1. The van der Waals surface area contributed by atoms with E-state index in [9.17, 15) is 0 Å². The van der Waals surface area contributed by atoms with Crippen molar-refractivity contribution < 1.29 is 4.74 Å². The monoisotopic (exact) mass is 314 g/mol. The van der Waals surface area contributed by atoms with E-state index in [0.29, 0.717) is 16.7 Å². The number of hydrogen-bond acceptors (Lipinski definition) is 1. The Balaban J connectivity index is 2.23. The number of fused-ring (bicyclic) bond motifs is 3. The van der Waals surface area contributed by atoms with Crippen molar-refractivity contribution >= 4 is 0 Å². The van der Waals surface area contributed by atoms with E-state index in [1.54, 1.807) is 11.1 Å². The molecule has 0 heterocycles. The van der Waals surface area contributed by atoms with Crippen molar-refractivity contribution in [1.29, 1.82) is 0 Å². The first-order chi connectivity index (χ1) is 10.7. The first-order valence-corrected chi connectivity index (χ1v) is 9.43. The van der Waals surface area contributed by atoms with Crippen molar-refractivity contribution in [3.8, 4) is 5.75 Å². The van der Waals surface area contributed by atoms with Gasteiger partial charge in [-0.3, -0.25) is 0 Å². The summed E-state index contributed by atoms with van der Waals surface area (Å²) in [5, 5.41) is 0. The molecule has 2 aliphatic carbocycles. The molecule has 0 saturated heterocycles. The molecule has 0 aromatic heterocycles. The third-order valence-electron chi connectivity index (χ3n) is 6.92. The van der Waals surface area contributed by atoms with Gasteiger partial charge in [-0.25, -0.2) is 0 Å². The molecule has 23 heavy (non-hydrogen) atoms. The molecule has 1 fully saturated rings. The highest BCUT2D eigenvalue weighted by Gasteiger charge is 2.50. The fourth-order valence-corrected chi connectivity index (χ4v) is 5.97. The van der Waals surface area contributed by atoms with E-state index in [0.717, 1.165) is 11.7 Å². The summed E-state index contributed by atoms with van der Waals surface area (Å²) >= 11 is 0. The molecule has 1 nitrogen and oxygen atoms in total. The molecule has 1 aromatic carbocycles. The van der Waals surface area contributed by atoms with E-state index in [2.05, 4.69) is 47.6 Å². The highest BCUT2D eigenvalue weighted by atomic mass is 16.5. The van der Waals surface area contributed by atoms with E-state index in [1.165, 1.54) is 43.2 Å². The first kappa shape index (κ1) is 16.9. The predicted molar refractivity (Wildman–Crippen MR) is 98.6 cm³/mol. The third kappa shape index (κ3) is 2.42. The summed E-state index contributed by atoms with van der Waals surface area (Å²) in [6.45, 7) is 14.4. The predicted octanol–water partition coefficient (Wildman–Crippen LogP) is 6.16. The fourth-order valence-electron chi connectivity index (χ4n) is 5.97. The van der Waals surface area contributed by atoms with E-state index >= 15 is 0 Å². The molecule has 0 radical (unpaired) electrons. The summed E-state index contributed by atoms with van der Waals surface area (Å²) in [6.07, 6.45) is 6.65. The van der Waals surface area contributed by atoms with Gasteiger partial charge in [0.15, 0.2) is 0 Å². The smallest absolute Gasteiger partial charge is 0.125 e. The van der Waals surface area contributed by atoms with Crippen molar-refractivity contribution in [2.75, 3.05) is 7.11 Å². The van der Waals surface area contributed by atoms with Crippen LogP contribution in [0.25, 0.3) is 0 Å². The van der Waals surface area contributed by atoms with Crippen LogP contribution in [0.5, 0.6) is 5.75 Å². The summed E-state index contributed by atoms with van der Waals surface area (Å²) in [7, 11) is 1.83. The minimum absolute atomic E-state index is 0.343. The lowest BCUT2D eigenvalue weighted by Crippen LogP contribution is -2.48. The summed E-state index contributed by atoms with van der Waals surface area (Å²) in [6, 6.07) is 2.47. The minimum Gasteiger partial charge on any atom is -0.496 e. The largest absolute Gasteiger partial charge is 0.496 e. The van der Waals surface area contributed by atoms with Gasteiger partial charge in [0, 0.05) is 5.56 Å². The zero-order valence-electron chi connectivity index (χ0n) is 16.2. The van der Waals surface area contributed by atoms with Crippen molar-refractivity contribution in [3.05, 3.63) is 28.3 Å². The van der Waals surface area contributed by atoms with Crippen LogP contribution < -0.4 is 4.74 Å². The average Bonchev–Trinajstić information content (AvgIpc) is 2.45. The number of aryl methyl sites for hydroxylation is 1. The Labute approximate surface area is 142 Å². The molecule has 2 atom stereocenters. The Bertz CT molecular complexity index is 611. The molecule has 0 N–H and O–H groups in total. The summed E-state index contributed by atoms with van der Waals surface area (Å²) in [4.78, 5) is 0. The van der Waals surface area contributed by atoms with Crippen molar-refractivity contribution in [3.63, 3.8) is 0 Å². The Morgan fingerprint density at radius 1 is 1.17 bits per heavy atom. The molecule has 1 saturated carbocycles. The Morgan fingerprint density at radius 3 is 2.48 bits per heavy atom. The van der Waals surface area contributed by atoms with Crippen LogP contribution in [0.1, 0.15) is 88.5 Å². The molecule has 2 aliphatic rings. The second-order valence-electron chi connectivity index (χ2n) is 9.17. The molecule has 1 heteroatoms. The minimum atomic E-state index is 0.343. The quantitative estimate of drug-likeness (QED) is 0.635. The number of ether oxygens (including phenoxy) is 1. The molecule has 0 unspecified atom stereocenters. The normalized spacial score (nSPS) is 29.1. The Hall–Kier alpha value is -0.980. The Morgan fingerprint density at radius 2 is 1.87 bits per heavy atom. The van der Waals surface area contributed by atoms with Crippen LogP contribution >= 0.6 is 0 Å². The van der Waals surface area contributed by atoms with Gasteiger partial charge in [-0.1, -0.05) is 47.1 Å². The van der Waals surface area contributed by atoms with Gasteiger partial charge in [-0.05, 0) is 72.0 Å². The second-order valence-corrected chi connectivity index (χ2v) is 9.17. The van der Waals surface area contributed by atoms with Gasteiger partial charge in [0.1, 0.15) is 5.75 Å². The zero-order valence-corrected chi connectivity index (χ0v) is 16.2. The van der Waals surface area contributed by atoms with E-state index in [1.807, 2.05) is 7.11 Å². The van der Waals surface area contributed by atoms with Crippen LogP contribution in [0.15, 0.2) is 6.07 Å². The van der Waals surface area contributed by atoms with E-state index < -0.39 is 0 Å². The lowest BCUT2D eigenvalue weighted by molar-refractivity contribution is 0.0404. The standard InChI is InChI=1S/C22H34O/c1-14(2)19-16-9-10-18-21(4,5)11-8-12-22(18,6)17(16)13-15(3)20(19)23-7/h13-14,18H,8-12H2,1-7H3/t18-,22+/m0/s1. The molecule has 1 aromatic rings. The van der Waals surface area contributed by atoms with Crippen LogP contribution in [0.3, 0.4) is 0 Å². The van der Waals surface area contributed by atoms with Gasteiger partial charge in [0.2, 0.25) is 0 Å². The lowest BCUT2D eigenvalue weighted by atomic mass is 9.50. The summed E-state index contributed by atoms with van der Waals surface area (Å²) in [5.74, 6) is 2.47. The molecule has 0 aliphatic heterocycles. The molecular weight excluding hydrogens is 280 g/mol. The van der Waals surface area contributed by atoms with Crippen molar-refractivity contribution in [1.82, 2.24) is 0 Å². The highest BCUT2D eigenvalue weighted by Crippen LogP contribution is 2.58. The van der Waals surface area contributed by atoms with Gasteiger partial charge in [0.25, 0.3) is 0 Å². The molecule has 128 valence electrons. The average molecular weight is 315 g/mol. The fraction of sp³-hybridized carbons (Fsp3) is 0.727. The maximum atomic E-state index is 5.81. The second kappa shape index (κ2) is 5.53. The molecule has 3 rings (SSSR count). The van der Waals surface area contributed by atoms with Crippen molar-refractivity contribution in [2.24, 2.45) is 11.3 Å². The van der Waals surface area contributed by atoms with E-state index in [4.69, 9.17) is 4.74 Å². The maximum absolute atomic E-state index is 5.81. The van der Waals surface area contributed by atoms with Crippen LogP contribution in [0.4, 0.5) is 0 Å². The van der Waals surface area contributed by atoms with Gasteiger partial charge >= 0.3 is 0 Å². The van der Waals surface area contributed by atoms with Gasteiger partial charge < -0.3 is 4.74 Å². The summed E-state index contributed by atoms with van der Waals surface area (Å²) in [5.41, 5.74) is 6.86. The summed E-state index contributed by atoms with van der Waals surface area (Å²) < 4.78 is 5.81. The molecule has 0 amide bonds. The Kier molecular flexibility index (Phi) is 4.06. The third-order valence-corrected chi connectivity index (χ3v) is 6.92. The topological polar surface area (TPSA) is 9.23 Å². The number of rotatable bonds is 2. The van der Waals surface area contributed by atoms with Crippen LogP contribution in [0.2, 0.25) is 0 Å². The van der Waals surface area contributed by atoms with Gasteiger partial charge in [-0.15, -0.1) is 0 Å². The first-order valence-electron chi connectivity index (χ1n) is 9.43. The van der Waals surface area contributed by atoms with E-state index in [-0.39, 0.29) is 0 Å². The number of methoxy groups -OCH3 is 1. The molecule has 0 spiro atoms. The zero-order chi connectivity index (χ0) is 17.0. The molecule has 0 bridgehead atoms. The van der Waals surface area contributed by atoms with Gasteiger partial charge in [-0.2, -0.15) is 0 Å². The lowest BCUT2D eigenvalue weighted by Gasteiger charge is -2.55. The van der Waals surface area contributed by atoms with Gasteiger partial charge in [0.05, 0.1) is 7.11 Å². The maximum Gasteiger partial charge on any atom is 0.125 e. The SMILES string of the molecule is COc1c(C)cc2c(c1C(C)C)CC[C@H]1C(C)(C)CCC[C@]21C. The van der Waals surface area contributed by atoms with Crippen LogP contribution in [-0.4, -0.2) is 7.11 Å².